The minimum atomic E-state index is -3.73. The molecule has 0 unspecified atom stereocenters. The van der Waals surface area contributed by atoms with Gasteiger partial charge in [-0.3, -0.25) is 9.10 Å². The quantitative estimate of drug-likeness (QED) is 0.698. The Morgan fingerprint density at radius 1 is 0.893 bits per heavy atom. The second-order valence-electron chi connectivity index (χ2n) is 6.61. The van der Waals surface area contributed by atoms with Crippen molar-refractivity contribution < 1.29 is 13.2 Å². The van der Waals surface area contributed by atoms with Crippen LogP contribution in [0, 0.1) is 13.8 Å². The molecule has 0 aliphatic heterocycles. The summed E-state index contributed by atoms with van der Waals surface area (Å²) in [7, 11) is -2.23. The maximum Gasteiger partial charge on any atom is 0.264 e. The van der Waals surface area contributed by atoms with Gasteiger partial charge in [-0.25, -0.2) is 8.42 Å². The molecular formula is C22H22N2O3S. The van der Waals surface area contributed by atoms with E-state index in [9.17, 15) is 13.2 Å². The van der Waals surface area contributed by atoms with Crippen LogP contribution in [0.4, 0.5) is 11.4 Å². The molecule has 3 aromatic carbocycles. The van der Waals surface area contributed by atoms with E-state index in [2.05, 4.69) is 5.32 Å². The maximum absolute atomic E-state index is 13.0. The van der Waals surface area contributed by atoms with Crippen LogP contribution in [0.15, 0.2) is 77.7 Å². The van der Waals surface area contributed by atoms with E-state index in [4.69, 9.17) is 0 Å². The number of aryl methyl sites for hydroxylation is 2. The Balaban J connectivity index is 1.92. The van der Waals surface area contributed by atoms with E-state index >= 15 is 0 Å². The molecule has 1 N–H and O–H groups in total. The number of hydrogen-bond acceptors (Lipinski definition) is 3. The summed E-state index contributed by atoms with van der Waals surface area (Å²) in [5.41, 5.74) is 3.26. The molecule has 0 bridgehead atoms. The minimum Gasteiger partial charge on any atom is -0.322 e. The third-order valence-corrected chi connectivity index (χ3v) is 6.31. The Morgan fingerprint density at radius 3 is 2.18 bits per heavy atom. The molecule has 0 aliphatic rings. The van der Waals surface area contributed by atoms with Crippen molar-refractivity contribution in [2.24, 2.45) is 0 Å². The van der Waals surface area contributed by atoms with E-state index in [0.717, 1.165) is 11.1 Å². The highest BCUT2D eigenvalue weighted by atomic mass is 32.2. The van der Waals surface area contributed by atoms with E-state index in [0.29, 0.717) is 16.9 Å². The number of carbonyl (C=O) groups is 1. The molecule has 0 saturated heterocycles. The van der Waals surface area contributed by atoms with Crippen LogP contribution in [0.1, 0.15) is 21.5 Å². The van der Waals surface area contributed by atoms with Gasteiger partial charge in [-0.05, 0) is 55.8 Å². The number of sulfonamides is 1. The zero-order valence-electron chi connectivity index (χ0n) is 16.0. The number of hydrogen-bond donors (Lipinski definition) is 1. The van der Waals surface area contributed by atoms with Gasteiger partial charge in [0.2, 0.25) is 0 Å². The van der Waals surface area contributed by atoms with Gasteiger partial charge in [-0.2, -0.15) is 0 Å². The molecule has 0 heterocycles. The minimum absolute atomic E-state index is 0.208. The SMILES string of the molecule is Cc1ccc(S(=O)(=O)N(C)c2cc(C(=O)Nc3ccccc3)ccc2C)cc1. The largest absolute Gasteiger partial charge is 0.322 e. The first-order chi connectivity index (χ1) is 13.3. The van der Waals surface area contributed by atoms with Crippen molar-refractivity contribution in [2.75, 3.05) is 16.7 Å². The van der Waals surface area contributed by atoms with Crippen molar-refractivity contribution in [1.82, 2.24) is 0 Å². The third-order valence-electron chi connectivity index (χ3n) is 4.52. The van der Waals surface area contributed by atoms with Gasteiger partial charge in [0.05, 0.1) is 10.6 Å². The zero-order valence-corrected chi connectivity index (χ0v) is 16.8. The molecule has 0 saturated carbocycles. The van der Waals surface area contributed by atoms with Crippen molar-refractivity contribution in [1.29, 1.82) is 0 Å². The van der Waals surface area contributed by atoms with Crippen molar-refractivity contribution in [3.63, 3.8) is 0 Å². The summed E-state index contributed by atoms with van der Waals surface area (Å²) in [6, 6.07) is 20.8. The summed E-state index contributed by atoms with van der Waals surface area (Å²) in [6.07, 6.45) is 0. The van der Waals surface area contributed by atoms with Crippen molar-refractivity contribution in [2.45, 2.75) is 18.7 Å². The van der Waals surface area contributed by atoms with E-state index in [1.807, 2.05) is 32.0 Å². The molecule has 0 radical (unpaired) electrons. The molecule has 28 heavy (non-hydrogen) atoms. The van der Waals surface area contributed by atoms with Crippen LogP contribution >= 0.6 is 0 Å². The fourth-order valence-electron chi connectivity index (χ4n) is 2.81. The summed E-state index contributed by atoms with van der Waals surface area (Å²) in [4.78, 5) is 12.8. The highest BCUT2D eigenvalue weighted by Crippen LogP contribution is 2.27. The number of rotatable bonds is 5. The smallest absolute Gasteiger partial charge is 0.264 e. The van der Waals surface area contributed by atoms with E-state index in [-0.39, 0.29) is 10.8 Å². The van der Waals surface area contributed by atoms with Crippen LogP contribution in [0.3, 0.4) is 0 Å². The number of benzene rings is 3. The van der Waals surface area contributed by atoms with Crippen molar-refractivity contribution in [3.8, 4) is 0 Å². The molecule has 0 aromatic heterocycles. The Kier molecular flexibility index (Phi) is 5.51. The van der Waals surface area contributed by atoms with Crippen LogP contribution in [0.2, 0.25) is 0 Å². The van der Waals surface area contributed by atoms with Crippen LogP contribution in [-0.4, -0.2) is 21.4 Å². The summed E-state index contributed by atoms with van der Waals surface area (Å²) >= 11 is 0. The molecule has 3 rings (SSSR count). The van der Waals surface area contributed by atoms with Crippen molar-refractivity contribution in [3.05, 3.63) is 89.5 Å². The van der Waals surface area contributed by atoms with Crippen LogP contribution < -0.4 is 9.62 Å². The molecule has 1 amide bonds. The average molecular weight is 394 g/mol. The predicted octanol–water partition coefficient (Wildman–Crippen LogP) is 4.38. The molecule has 5 nitrogen and oxygen atoms in total. The first-order valence-electron chi connectivity index (χ1n) is 8.82. The second-order valence-corrected chi connectivity index (χ2v) is 8.58. The van der Waals surface area contributed by atoms with E-state index in [1.165, 1.54) is 11.4 Å². The molecule has 0 fully saturated rings. The second kappa shape index (κ2) is 7.86. The first kappa shape index (κ1) is 19.6. The number of para-hydroxylation sites is 1. The van der Waals surface area contributed by atoms with Crippen molar-refractivity contribution >= 4 is 27.3 Å². The number of nitrogens with zero attached hydrogens (tertiary/aromatic N) is 1. The first-order valence-corrected chi connectivity index (χ1v) is 10.3. The molecule has 0 aliphatic carbocycles. The molecule has 3 aromatic rings. The third kappa shape index (κ3) is 4.07. The van der Waals surface area contributed by atoms with Gasteiger partial charge in [-0.1, -0.05) is 42.0 Å². The van der Waals surface area contributed by atoms with Gasteiger partial charge in [0.25, 0.3) is 15.9 Å². The fourth-order valence-corrected chi connectivity index (χ4v) is 4.06. The highest BCUT2D eigenvalue weighted by molar-refractivity contribution is 7.92. The summed E-state index contributed by atoms with van der Waals surface area (Å²) in [6.45, 7) is 3.72. The molecular weight excluding hydrogens is 372 g/mol. The Morgan fingerprint density at radius 2 is 1.54 bits per heavy atom. The fraction of sp³-hybridized carbons (Fsp3) is 0.136. The van der Waals surface area contributed by atoms with Gasteiger partial charge in [0.1, 0.15) is 0 Å². The lowest BCUT2D eigenvalue weighted by molar-refractivity contribution is 0.102. The number of amides is 1. The average Bonchev–Trinajstić information content (AvgIpc) is 2.69. The molecule has 0 spiro atoms. The summed E-state index contributed by atoms with van der Waals surface area (Å²) in [5.74, 6) is -0.298. The molecule has 6 heteroatoms. The highest BCUT2D eigenvalue weighted by Gasteiger charge is 2.23. The van der Waals surface area contributed by atoms with Gasteiger partial charge < -0.3 is 5.32 Å². The van der Waals surface area contributed by atoms with Gasteiger partial charge in [-0.15, -0.1) is 0 Å². The van der Waals surface area contributed by atoms with Crippen LogP contribution in [0.25, 0.3) is 0 Å². The lowest BCUT2D eigenvalue weighted by atomic mass is 10.1. The molecule has 144 valence electrons. The normalized spacial score (nSPS) is 11.1. The zero-order chi connectivity index (χ0) is 20.3. The van der Waals surface area contributed by atoms with Gasteiger partial charge in [0.15, 0.2) is 0 Å². The summed E-state index contributed by atoms with van der Waals surface area (Å²) < 4.78 is 27.2. The number of nitrogens with one attached hydrogen (secondary N) is 1. The number of anilines is 2. The van der Waals surface area contributed by atoms with E-state index < -0.39 is 10.0 Å². The van der Waals surface area contributed by atoms with Crippen LogP contribution in [-0.2, 0) is 10.0 Å². The van der Waals surface area contributed by atoms with Gasteiger partial charge in [0, 0.05) is 18.3 Å². The monoisotopic (exact) mass is 394 g/mol. The van der Waals surface area contributed by atoms with E-state index in [1.54, 1.807) is 54.6 Å². The number of carbonyl (C=O) groups excluding carboxylic acids is 1. The van der Waals surface area contributed by atoms with Gasteiger partial charge >= 0.3 is 0 Å². The lowest BCUT2D eigenvalue weighted by Gasteiger charge is -2.22. The lowest BCUT2D eigenvalue weighted by Crippen LogP contribution is -2.27. The molecule has 0 atom stereocenters. The summed E-state index contributed by atoms with van der Waals surface area (Å²) in [5, 5.41) is 2.81. The predicted molar refractivity (Wildman–Crippen MR) is 112 cm³/mol. The Hall–Kier alpha value is -3.12. The topological polar surface area (TPSA) is 66.5 Å². The Bertz CT molecular complexity index is 1090. The maximum atomic E-state index is 13.0. The standard InChI is InChI=1S/C22H22N2O3S/c1-16-9-13-20(14-10-16)28(26,27)24(3)21-15-18(12-11-17(21)2)22(25)23-19-7-5-4-6-8-19/h4-15H,1-3H3,(H,23,25). The van der Waals surface area contributed by atoms with Crippen LogP contribution in [0.5, 0.6) is 0 Å². The Labute approximate surface area is 165 Å².